The van der Waals surface area contributed by atoms with E-state index in [-0.39, 0.29) is 11.5 Å². The minimum Gasteiger partial charge on any atom is -0.508 e. The molecule has 0 aliphatic heterocycles. The van der Waals surface area contributed by atoms with Crippen LogP contribution in [0.15, 0.2) is 30.3 Å². The third-order valence-electron chi connectivity index (χ3n) is 1.54. The molecule has 0 saturated heterocycles. The van der Waals surface area contributed by atoms with Crippen LogP contribution in [0, 0.1) is 0 Å². The van der Waals surface area contributed by atoms with Crippen molar-refractivity contribution in [2.45, 2.75) is 13.3 Å². The monoisotopic (exact) mass is 164 g/mol. The van der Waals surface area contributed by atoms with E-state index in [2.05, 4.69) is 0 Å². The summed E-state index contributed by atoms with van der Waals surface area (Å²) in [6, 6.07) is 6.55. The highest BCUT2D eigenvalue weighted by atomic mass is 16.3. The molecule has 2 nitrogen and oxygen atoms in total. The summed E-state index contributed by atoms with van der Waals surface area (Å²) in [7, 11) is 0. The van der Waals surface area contributed by atoms with Crippen LogP contribution in [0.5, 0.6) is 5.75 Å². The lowest BCUT2D eigenvalue weighted by Gasteiger charge is -1.99. The standard InChI is InChI=1S/C10H12O2/c1-2-4-10(12)8-5-3-6-9(11)7-8/h3-7,11-12H,2H2,1H3/b10-4+. The Balaban J connectivity index is 2.95. The molecule has 12 heavy (non-hydrogen) atoms. The number of hydrogen-bond donors (Lipinski definition) is 2. The van der Waals surface area contributed by atoms with Gasteiger partial charge >= 0.3 is 0 Å². The molecule has 2 heteroatoms. The van der Waals surface area contributed by atoms with E-state index < -0.39 is 0 Å². The van der Waals surface area contributed by atoms with Gasteiger partial charge in [0.15, 0.2) is 0 Å². The molecular weight excluding hydrogens is 152 g/mol. The molecule has 0 unspecified atom stereocenters. The van der Waals surface area contributed by atoms with Crippen LogP contribution in [0.3, 0.4) is 0 Å². The molecule has 2 N–H and O–H groups in total. The van der Waals surface area contributed by atoms with Gasteiger partial charge in [0.2, 0.25) is 0 Å². The number of hydrogen-bond acceptors (Lipinski definition) is 2. The maximum Gasteiger partial charge on any atom is 0.118 e. The predicted molar refractivity (Wildman–Crippen MR) is 49.0 cm³/mol. The molecule has 0 spiro atoms. The van der Waals surface area contributed by atoms with Gasteiger partial charge in [0.1, 0.15) is 11.5 Å². The van der Waals surface area contributed by atoms with E-state index in [4.69, 9.17) is 5.11 Å². The highest BCUT2D eigenvalue weighted by molar-refractivity contribution is 5.59. The first kappa shape index (κ1) is 8.65. The van der Waals surface area contributed by atoms with Crippen molar-refractivity contribution in [2.24, 2.45) is 0 Å². The van der Waals surface area contributed by atoms with Gasteiger partial charge in [0.05, 0.1) is 0 Å². The Morgan fingerprint density at radius 2 is 2.25 bits per heavy atom. The quantitative estimate of drug-likeness (QED) is 0.660. The summed E-state index contributed by atoms with van der Waals surface area (Å²) in [5.41, 5.74) is 0.650. The highest BCUT2D eigenvalue weighted by Gasteiger charge is 1.97. The molecule has 0 aromatic heterocycles. The van der Waals surface area contributed by atoms with Gasteiger partial charge in [-0.3, -0.25) is 0 Å². The van der Waals surface area contributed by atoms with Crippen molar-refractivity contribution in [2.75, 3.05) is 0 Å². The first-order chi connectivity index (χ1) is 5.74. The zero-order valence-corrected chi connectivity index (χ0v) is 6.99. The fraction of sp³-hybridized carbons (Fsp3) is 0.200. The fourth-order valence-corrected chi connectivity index (χ4v) is 0.976. The lowest BCUT2D eigenvalue weighted by Crippen LogP contribution is -1.81. The molecule has 64 valence electrons. The molecule has 0 aliphatic carbocycles. The topological polar surface area (TPSA) is 40.5 Å². The molecule has 1 rings (SSSR count). The molecule has 0 atom stereocenters. The van der Waals surface area contributed by atoms with Gasteiger partial charge in [-0.1, -0.05) is 19.1 Å². The second kappa shape index (κ2) is 3.81. The normalized spacial score (nSPS) is 11.6. The number of benzene rings is 1. The number of rotatable bonds is 2. The van der Waals surface area contributed by atoms with E-state index in [0.29, 0.717) is 5.56 Å². The van der Waals surface area contributed by atoms with Crippen LogP contribution in [0.1, 0.15) is 18.9 Å². The molecule has 0 amide bonds. The first-order valence-electron chi connectivity index (χ1n) is 3.92. The minimum atomic E-state index is 0.170. The molecular formula is C10H12O2. The van der Waals surface area contributed by atoms with Gasteiger partial charge < -0.3 is 10.2 Å². The molecule has 0 fully saturated rings. The average molecular weight is 164 g/mol. The maximum atomic E-state index is 9.39. The van der Waals surface area contributed by atoms with Crippen molar-refractivity contribution >= 4 is 5.76 Å². The second-order valence-electron chi connectivity index (χ2n) is 2.55. The maximum absolute atomic E-state index is 9.39. The Bertz CT molecular complexity index is 290. The van der Waals surface area contributed by atoms with Crippen molar-refractivity contribution in [1.82, 2.24) is 0 Å². The Morgan fingerprint density at radius 3 is 2.83 bits per heavy atom. The number of phenols is 1. The Labute approximate surface area is 71.8 Å². The number of allylic oxidation sites excluding steroid dienone is 1. The van der Waals surface area contributed by atoms with Gasteiger partial charge in [-0.2, -0.15) is 0 Å². The Hall–Kier alpha value is -1.44. The van der Waals surface area contributed by atoms with Crippen molar-refractivity contribution < 1.29 is 10.2 Å². The van der Waals surface area contributed by atoms with Crippen LogP contribution in [-0.2, 0) is 0 Å². The summed E-state index contributed by atoms with van der Waals surface area (Å²) in [6.45, 7) is 1.94. The molecule has 0 aliphatic rings. The smallest absolute Gasteiger partial charge is 0.118 e. The SMILES string of the molecule is CC/C=C(/O)c1cccc(O)c1. The van der Waals surface area contributed by atoms with E-state index >= 15 is 0 Å². The van der Waals surface area contributed by atoms with Gasteiger partial charge in [-0.05, 0) is 24.6 Å². The number of aromatic hydroxyl groups is 1. The Kier molecular flexibility index (Phi) is 2.75. The fourth-order valence-electron chi connectivity index (χ4n) is 0.976. The highest BCUT2D eigenvalue weighted by Crippen LogP contribution is 2.17. The average Bonchev–Trinajstić information content (AvgIpc) is 2.05. The first-order valence-corrected chi connectivity index (χ1v) is 3.92. The summed E-state index contributed by atoms with van der Waals surface area (Å²) in [5, 5.41) is 18.5. The van der Waals surface area contributed by atoms with Gasteiger partial charge in [-0.25, -0.2) is 0 Å². The summed E-state index contributed by atoms with van der Waals surface area (Å²) < 4.78 is 0. The van der Waals surface area contributed by atoms with Gasteiger partial charge in [-0.15, -0.1) is 0 Å². The van der Waals surface area contributed by atoms with Crippen molar-refractivity contribution in [3.8, 4) is 5.75 Å². The van der Waals surface area contributed by atoms with Crippen LogP contribution in [0.2, 0.25) is 0 Å². The second-order valence-corrected chi connectivity index (χ2v) is 2.55. The van der Waals surface area contributed by atoms with E-state index in [0.717, 1.165) is 6.42 Å². The van der Waals surface area contributed by atoms with Crippen LogP contribution in [0.4, 0.5) is 0 Å². The molecule has 0 radical (unpaired) electrons. The largest absolute Gasteiger partial charge is 0.508 e. The summed E-state index contributed by atoms with van der Waals surface area (Å²) in [6.07, 6.45) is 2.48. The molecule has 1 aromatic carbocycles. The molecule has 0 heterocycles. The third-order valence-corrected chi connectivity index (χ3v) is 1.54. The van der Waals surface area contributed by atoms with E-state index in [9.17, 15) is 5.11 Å². The molecule has 1 aromatic rings. The third kappa shape index (κ3) is 2.02. The number of aliphatic hydroxyl groups excluding tert-OH is 1. The van der Waals surface area contributed by atoms with Crippen molar-refractivity contribution in [3.05, 3.63) is 35.9 Å². The lowest BCUT2D eigenvalue weighted by molar-refractivity contribution is 0.472. The summed E-state index contributed by atoms with van der Waals surface area (Å²) in [5.74, 6) is 0.386. The summed E-state index contributed by atoms with van der Waals surface area (Å²) in [4.78, 5) is 0. The van der Waals surface area contributed by atoms with Crippen molar-refractivity contribution in [1.29, 1.82) is 0 Å². The zero-order chi connectivity index (χ0) is 8.97. The van der Waals surface area contributed by atoms with Crippen molar-refractivity contribution in [3.63, 3.8) is 0 Å². The lowest BCUT2D eigenvalue weighted by atomic mass is 10.1. The number of aliphatic hydroxyl groups is 1. The van der Waals surface area contributed by atoms with Crippen LogP contribution >= 0.6 is 0 Å². The molecule has 0 bridgehead atoms. The molecule has 0 saturated carbocycles. The minimum absolute atomic E-state index is 0.170. The summed E-state index contributed by atoms with van der Waals surface area (Å²) >= 11 is 0. The Morgan fingerprint density at radius 1 is 1.50 bits per heavy atom. The van der Waals surface area contributed by atoms with Crippen LogP contribution in [0.25, 0.3) is 5.76 Å². The van der Waals surface area contributed by atoms with Gasteiger partial charge in [0, 0.05) is 5.56 Å². The zero-order valence-electron chi connectivity index (χ0n) is 6.99. The van der Waals surface area contributed by atoms with E-state index in [1.807, 2.05) is 6.92 Å². The van der Waals surface area contributed by atoms with Crippen LogP contribution < -0.4 is 0 Å². The van der Waals surface area contributed by atoms with Gasteiger partial charge in [0.25, 0.3) is 0 Å². The number of phenolic OH excluding ortho intramolecular Hbond substituents is 1. The predicted octanol–water partition coefficient (Wildman–Crippen LogP) is 2.70. The van der Waals surface area contributed by atoms with E-state index in [1.54, 1.807) is 24.3 Å². The van der Waals surface area contributed by atoms with E-state index in [1.165, 1.54) is 6.07 Å². The van der Waals surface area contributed by atoms with Crippen LogP contribution in [-0.4, -0.2) is 10.2 Å².